The Labute approximate surface area is 104 Å². The number of halogens is 2. The second kappa shape index (κ2) is 5.45. The van der Waals surface area contributed by atoms with Gasteiger partial charge in [-0.05, 0) is 48.0 Å². The first-order valence-electron chi connectivity index (χ1n) is 5.46. The highest BCUT2D eigenvalue weighted by molar-refractivity contribution is 5.76. The Hall–Kier alpha value is -2.16. The SMILES string of the molecule is COc1ccc(/C=C(\F)c2ccc(F)cc2)cc1. The summed E-state index contributed by atoms with van der Waals surface area (Å²) >= 11 is 0. The van der Waals surface area contributed by atoms with Crippen LogP contribution in [0.1, 0.15) is 11.1 Å². The lowest BCUT2D eigenvalue weighted by molar-refractivity contribution is 0.415. The largest absolute Gasteiger partial charge is 0.497 e. The van der Waals surface area contributed by atoms with Gasteiger partial charge in [0.25, 0.3) is 0 Å². The standard InChI is InChI=1S/C15H12F2O/c1-18-14-8-2-11(3-9-14)10-15(17)12-4-6-13(16)7-5-12/h2-10H,1H3/b15-10-. The zero-order valence-electron chi connectivity index (χ0n) is 9.86. The van der Waals surface area contributed by atoms with E-state index in [-0.39, 0.29) is 5.82 Å². The molecule has 0 unspecified atom stereocenters. The fourth-order valence-electron chi connectivity index (χ4n) is 1.54. The van der Waals surface area contributed by atoms with Crippen LogP contribution in [-0.4, -0.2) is 7.11 Å². The number of ether oxygens (including phenoxy) is 1. The van der Waals surface area contributed by atoms with Gasteiger partial charge in [0.15, 0.2) is 0 Å². The molecule has 0 N–H and O–H groups in total. The summed E-state index contributed by atoms with van der Waals surface area (Å²) < 4.78 is 31.6. The number of hydrogen-bond donors (Lipinski definition) is 0. The monoisotopic (exact) mass is 246 g/mol. The third kappa shape index (κ3) is 2.94. The van der Waals surface area contributed by atoms with Gasteiger partial charge in [0.05, 0.1) is 7.11 Å². The topological polar surface area (TPSA) is 9.23 Å². The first kappa shape index (κ1) is 12.3. The van der Waals surface area contributed by atoms with Gasteiger partial charge in [-0.2, -0.15) is 0 Å². The van der Waals surface area contributed by atoms with E-state index < -0.39 is 5.83 Å². The van der Waals surface area contributed by atoms with E-state index in [1.165, 1.54) is 30.3 Å². The van der Waals surface area contributed by atoms with E-state index in [2.05, 4.69) is 0 Å². The number of methoxy groups -OCH3 is 1. The lowest BCUT2D eigenvalue weighted by Crippen LogP contribution is -1.83. The smallest absolute Gasteiger partial charge is 0.131 e. The summed E-state index contributed by atoms with van der Waals surface area (Å²) in [5.41, 5.74) is 1.07. The second-order valence-electron chi connectivity index (χ2n) is 3.77. The molecule has 2 aromatic carbocycles. The molecular formula is C15H12F2O. The molecule has 0 aromatic heterocycles. The van der Waals surface area contributed by atoms with Gasteiger partial charge in [-0.1, -0.05) is 12.1 Å². The second-order valence-corrected chi connectivity index (χ2v) is 3.77. The highest BCUT2D eigenvalue weighted by Crippen LogP contribution is 2.21. The Morgan fingerprint density at radius 3 is 2.17 bits per heavy atom. The maximum atomic E-state index is 13.8. The van der Waals surface area contributed by atoms with E-state index in [0.717, 1.165) is 5.56 Å². The molecule has 18 heavy (non-hydrogen) atoms. The third-order valence-electron chi connectivity index (χ3n) is 2.53. The van der Waals surface area contributed by atoms with Crippen molar-refractivity contribution in [1.29, 1.82) is 0 Å². The molecule has 0 atom stereocenters. The van der Waals surface area contributed by atoms with Crippen molar-refractivity contribution in [1.82, 2.24) is 0 Å². The molecule has 2 rings (SSSR count). The molecule has 0 aliphatic heterocycles. The van der Waals surface area contributed by atoms with Crippen molar-refractivity contribution in [2.75, 3.05) is 7.11 Å². The lowest BCUT2D eigenvalue weighted by atomic mass is 10.1. The van der Waals surface area contributed by atoms with E-state index in [1.54, 1.807) is 31.4 Å². The van der Waals surface area contributed by atoms with Crippen molar-refractivity contribution in [3.8, 4) is 5.75 Å². The normalized spacial score (nSPS) is 11.4. The van der Waals surface area contributed by atoms with E-state index in [9.17, 15) is 8.78 Å². The van der Waals surface area contributed by atoms with Crippen molar-refractivity contribution in [3.05, 3.63) is 65.5 Å². The number of hydrogen-bond acceptors (Lipinski definition) is 1. The lowest BCUT2D eigenvalue weighted by Gasteiger charge is -2.01. The molecule has 0 fully saturated rings. The minimum atomic E-state index is -0.403. The molecule has 0 aliphatic rings. The van der Waals surface area contributed by atoms with Crippen LogP contribution in [0.25, 0.3) is 11.9 Å². The van der Waals surface area contributed by atoms with Crippen LogP contribution in [0.15, 0.2) is 48.5 Å². The van der Waals surface area contributed by atoms with Gasteiger partial charge in [0, 0.05) is 5.56 Å². The maximum Gasteiger partial charge on any atom is 0.131 e. The van der Waals surface area contributed by atoms with Crippen LogP contribution in [0.5, 0.6) is 5.75 Å². The minimum absolute atomic E-state index is 0.354. The van der Waals surface area contributed by atoms with Gasteiger partial charge in [0.2, 0.25) is 0 Å². The molecule has 0 heterocycles. The molecule has 0 aliphatic carbocycles. The van der Waals surface area contributed by atoms with Crippen LogP contribution >= 0.6 is 0 Å². The Bertz CT molecular complexity index is 542. The summed E-state index contributed by atoms with van der Waals surface area (Å²) in [5, 5.41) is 0. The summed E-state index contributed by atoms with van der Waals surface area (Å²) in [6.45, 7) is 0. The van der Waals surface area contributed by atoms with Crippen LogP contribution in [0.3, 0.4) is 0 Å². The van der Waals surface area contributed by atoms with Crippen LogP contribution < -0.4 is 4.74 Å². The molecule has 3 heteroatoms. The third-order valence-corrected chi connectivity index (χ3v) is 2.53. The molecule has 0 saturated heterocycles. The highest BCUT2D eigenvalue weighted by Gasteiger charge is 2.01. The van der Waals surface area contributed by atoms with Crippen LogP contribution in [0.4, 0.5) is 8.78 Å². The van der Waals surface area contributed by atoms with Crippen LogP contribution in [0, 0.1) is 5.82 Å². The Morgan fingerprint density at radius 1 is 1.00 bits per heavy atom. The number of benzene rings is 2. The predicted octanol–water partition coefficient (Wildman–Crippen LogP) is 4.30. The van der Waals surface area contributed by atoms with Gasteiger partial charge in [-0.25, -0.2) is 8.78 Å². The summed E-state index contributed by atoms with van der Waals surface area (Å²) in [6.07, 6.45) is 1.40. The minimum Gasteiger partial charge on any atom is -0.497 e. The van der Waals surface area contributed by atoms with Gasteiger partial charge in [-0.3, -0.25) is 0 Å². The zero-order chi connectivity index (χ0) is 13.0. The first-order valence-corrected chi connectivity index (χ1v) is 5.46. The van der Waals surface area contributed by atoms with Gasteiger partial charge >= 0.3 is 0 Å². The first-order chi connectivity index (χ1) is 8.69. The molecule has 0 spiro atoms. The molecule has 0 radical (unpaired) electrons. The Morgan fingerprint density at radius 2 is 1.61 bits per heavy atom. The predicted molar refractivity (Wildman–Crippen MR) is 68.4 cm³/mol. The van der Waals surface area contributed by atoms with Crippen LogP contribution in [0.2, 0.25) is 0 Å². The molecule has 0 bridgehead atoms. The molecular weight excluding hydrogens is 234 g/mol. The quantitative estimate of drug-likeness (QED) is 0.733. The van der Waals surface area contributed by atoms with Gasteiger partial charge < -0.3 is 4.74 Å². The summed E-state index contributed by atoms with van der Waals surface area (Å²) in [6, 6.07) is 12.3. The molecule has 2 aromatic rings. The summed E-state index contributed by atoms with van der Waals surface area (Å²) in [5.74, 6) is -0.0643. The fraction of sp³-hybridized carbons (Fsp3) is 0.0667. The molecule has 0 amide bonds. The van der Waals surface area contributed by atoms with E-state index in [4.69, 9.17) is 4.74 Å². The van der Waals surface area contributed by atoms with Crippen molar-refractivity contribution >= 4 is 11.9 Å². The van der Waals surface area contributed by atoms with Gasteiger partial charge in [-0.15, -0.1) is 0 Å². The average Bonchev–Trinajstić information content (AvgIpc) is 2.40. The fourth-order valence-corrected chi connectivity index (χ4v) is 1.54. The molecule has 92 valence electrons. The average molecular weight is 246 g/mol. The van der Waals surface area contributed by atoms with E-state index >= 15 is 0 Å². The van der Waals surface area contributed by atoms with Crippen molar-refractivity contribution in [2.45, 2.75) is 0 Å². The Kier molecular flexibility index (Phi) is 3.72. The van der Waals surface area contributed by atoms with Gasteiger partial charge in [0.1, 0.15) is 17.4 Å². The van der Waals surface area contributed by atoms with E-state index in [0.29, 0.717) is 11.3 Å². The van der Waals surface area contributed by atoms with Crippen molar-refractivity contribution in [2.24, 2.45) is 0 Å². The Balaban J connectivity index is 2.23. The summed E-state index contributed by atoms with van der Waals surface area (Å²) in [7, 11) is 1.57. The number of rotatable bonds is 3. The van der Waals surface area contributed by atoms with Crippen molar-refractivity contribution < 1.29 is 13.5 Å². The summed E-state index contributed by atoms with van der Waals surface area (Å²) in [4.78, 5) is 0. The van der Waals surface area contributed by atoms with Crippen molar-refractivity contribution in [3.63, 3.8) is 0 Å². The maximum absolute atomic E-state index is 13.8. The molecule has 1 nitrogen and oxygen atoms in total. The zero-order valence-corrected chi connectivity index (χ0v) is 9.86. The molecule has 0 saturated carbocycles. The van der Waals surface area contributed by atoms with E-state index in [1.807, 2.05) is 0 Å². The highest BCUT2D eigenvalue weighted by atomic mass is 19.1. The van der Waals surface area contributed by atoms with Crippen LogP contribution in [-0.2, 0) is 0 Å².